The molecule has 0 radical (unpaired) electrons. The number of amides is 1. The van der Waals surface area contributed by atoms with Gasteiger partial charge in [0.15, 0.2) is 0 Å². The van der Waals surface area contributed by atoms with Crippen LogP contribution in [0.1, 0.15) is 10.4 Å². The average Bonchev–Trinajstić information content (AvgIpc) is 2.37. The molecule has 6 heteroatoms. The Hall–Kier alpha value is -1.42. The van der Waals surface area contributed by atoms with Crippen molar-refractivity contribution in [3.8, 4) is 0 Å². The van der Waals surface area contributed by atoms with Crippen LogP contribution in [-0.2, 0) is 0 Å². The number of benzene rings is 2. The highest BCUT2D eigenvalue weighted by atomic mass is 35.5. The standard InChI is InChI=1S/C14H11Cl3N2O/c1-18-13-3-2-8(15)7-12(13)14(20)19-11-5-9(16)4-10(17)6-11/h2-7,18H,1H3,(H,19,20). The van der Waals surface area contributed by atoms with Crippen LogP contribution in [0.4, 0.5) is 11.4 Å². The lowest BCUT2D eigenvalue weighted by molar-refractivity contribution is 0.102. The van der Waals surface area contributed by atoms with Crippen molar-refractivity contribution in [2.75, 3.05) is 17.7 Å². The molecule has 0 spiro atoms. The molecule has 0 bridgehead atoms. The predicted molar refractivity (Wildman–Crippen MR) is 85.4 cm³/mol. The number of nitrogens with one attached hydrogen (secondary N) is 2. The molecule has 0 saturated heterocycles. The third kappa shape index (κ3) is 3.57. The van der Waals surface area contributed by atoms with E-state index in [9.17, 15) is 4.79 Å². The molecule has 0 atom stereocenters. The Morgan fingerprint density at radius 1 is 0.950 bits per heavy atom. The van der Waals surface area contributed by atoms with Gasteiger partial charge in [0, 0.05) is 33.5 Å². The molecule has 20 heavy (non-hydrogen) atoms. The molecule has 0 aliphatic carbocycles. The zero-order valence-corrected chi connectivity index (χ0v) is 12.8. The quantitative estimate of drug-likeness (QED) is 0.837. The fourth-order valence-corrected chi connectivity index (χ4v) is 2.44. The highest BCUT2D eigenvalue weighted by molar-refractivity contribution is 6.35. The Bertz CT molecular complexity index is 639. The van der Waals surface area contributed by atoms with E-state index < -0.39 is 0 Å². The van der Waals surface area contributed by atoms with Gasteiger partial charge in [0.05, 0.1) is 5.56 Å². The molecule has 2 rings (SSSR count). The van der Waals surface area contributed by atoms with E-state index in [2.05, 4.69) is 10.6 Å². The topological polar surface area (TPSA) is 41.1 Å². The van der Waals surface area contributed by atoms with Crippen molar-refractivity contribution in [3.05, 3.63) is 57.0 Å². The lowest BCUT2D eigenvalue weighted by Crippen LogP contribution is -2.14. The number of hydrogen-bond donors (Lipinski definition) is 2. The zero-order valence-electron chi connectivity index (χ0n) is 10.5. The number of rotatable bonds is 3. The maximum absolute atomic E-state index is 12.3. The number of carbonyl (C=O) groups excluding carboxylic acids is 1. The van der Waals surface area contributed by atoms with Gasteiger partial charge in [0.1, 0.15) is 0 Å². The van der Waals surface area contributed by atoms with Crippen LogP contribution >= 0.6 is 34.8 Å². The fraction of sp³-hybridized carbons (Fsp3) is 0.0714. The van der Waals surface area contributed by atoms with Gasteiger partial charge < -0.3 is 10.6 Å². The van der Waals surface area contributed by atoms with Crippen molar-refractivity contribution in [1.82, 2.24) is 0 Å². The maximum Gasteiger partial charge on any atom is 0.257 e. The van der Waals surface area contributed by atoms with Crippen LogP contribution in [-0.4, -0.2) is 13.0 Å². The minimum absolute atomic E-state index is 0.296. The molecule has 0 fully saturated rings. The third-order valence-electron chi connectivity index (χ3n) is 2.62. The number of anilines is 2. The largest absolute Gasteiger partial charge is 0.387 e. The van der Waals surface area contributed by atoms with E-state index in [0.29, 0.717) is 32.0 Å². The van der Waals surface area contributed by atoms with Gasteiger partial charge in [-0.3, -0.25) is 4.79 Å². The van der Waals surface area contributed by atoms with Gasteiger partial charge in [0.25, 0.3) is 5.91 Å². The zero-order chi connectivity index (χ0) is 14.7. The van der Waals surface area contributed by atoms with Gasteiger partial charge >= 0.3 is 0 Å². The van der Waals surface area contributed by atoms with Crippen molar-refractivity contribution in [3.63, 3.8) is 0 Å². The predicted octanol–water partition coefficient (Wildman–Crippen LogP) is 4.94. The average molecular weight is 330 g/mol. The van der Waals surface area contributed by atoms with Gasteiger partial charge in [-0.15, -0.1) is 0 Å². The number of carbonyl (C=O) groups is 1. The summed E-state index contributed by atoms with van der Waals surface area (Å²) in [6.07, 6.45) is 0. The van der Waals surface area contributed by atoms with Gasteiger partial charge in [0.2, 0.25) is 0 Å². The molecule has 2 aromatic rings. The van der Waals surface area contributed by atoms with Crippen LogP contribution < -0.4 is 10.6 Å². The Kier molecular flexibility index (Phi) is 4.76. The molecule has 0 aromatic heterocycles. The van der Waals surface area contributed by atoms with Gasteiger partial charge in [-0.05, 0) is 36.4 Å². The van der Waals surface area contributed by atoms with Crippen molar-refractivity contribution >= 4 is 52.1 Å². The molecular formula is C14H11Cl3N2O. The molecule has 0 aliphatic rings. The van der Waals surface area contributed by atoms with Crippen LogP contribution in [0.15, 0.2) is 36.4 Å². The van der Waals surface area contributed by atoms with Crippen molar-refractivity contribution in [2.45, 2.75) is 0 Å². The first-order chi connectivity index (χ1) is 9.49. The number of hydrogen-bond acceptors (Lipinski definition) is 2. The summed E-state index contributed by atoms with van der Waals surface area (Å²) in [5.41, 5.74) is 1.64. The van der Waals surface area contributed by atoms with Crippen molar-refractivity contribution < 1.29 is 4.79 Å². The first-order valence-electron chi connectivity index (χ1n) is 5.74. The Balaban J connectivity index is 2.30. The first kappa shape index (κ1) is 15.0. The van der Waals surface area contributed by atoms with Crippen LogP contribution in [0.5, 0.6) is 0 Å². The minimum atomic E-state index is -0.296. The summed E-state index contributed by atoms with van der Waals surface area (Å²) >= 11 is 17.7. The summed E-state index contributed by atoms with van der Waals surface area (Å²) in [4.78, 5) is 12.3. The SMILES string of the molecule is CNc1ccc(Cl)cc1C(=O)Nc1cc(Cl)cc(Cl)c1. The molecule has 0 saturated carbocycles. The molecule has 3 nitrogen and oxygen atoms in total. The second-order valence-electron chi connectivity index (χ2n) is 4.05. The molecule has 104 valence electrons. The van der Waals surface area contributed by atoms with E-state index in [4.69, 9.17) is 34.8 Å². The monoisotopic (exact) mass is 328 g/mol. The minimum Gasteiger partial charge on any atom is -0.387 e. The van der Waals surface area contributed by atoms with Crippen LogP contribution in [0.25, 0.3) is 0 Å². The summed E-state index contributed by atoms with van der Waals surface area (Å²) in [6, 6.07) is 9.87. The smallest absolute Gasteiger partial charge is 0.257 e. The summed E-state index contributed by atoms with van der Waals surface area (Å²) in [6.45, 7) is 0. The molecule has 0 aliphatic heterocycles. The summed E-state index contributed by atoms with van der Waals surface area (Å²) in [5, 5.41) is 7.06. The van der Waals surface area contributed by atoms with Gasteiger partial charge in [-0.25, -0.2) is 0 Å². The maximum atomic E-state index is 12.3. The van der Waals surface area contributed by atoms with Crippen LogP contribution in [0, 0.1) is 0 Å². The molecule has 2 aromatic carbocycles. The summed E-state index contributed by atoms with van der Waals surface area (Å²) in [7, 11) is 1.73. The summed E-state index contributed by atoms with van der Waals surface area (Å²) < 4.78 is 0. The van der Waals surface area contributed by atoms with Crippen LogP contribution in [0.2, 0.25) is 15.1 Å². The summed E-state index contributed by atoms with van der Waals surface area (Å²) in [5.74, 6) is -0.296. The van der Waals surface area contributed by atoms with E-state index in [0.717, 1.165) is 0 Å². The molecule has 0 unspecified atom stereocenters. The number of halogens is 3. The lowest BCUT2D eigenvalue weighted by Gasteiger charge is -2.11. The highest BCUT2D eigenvalue weighted by Gasteiger charge is 2.12. The third-order valence-corrected chi connectivity index (χ3v) is 3.29. The van der Waals surface area contributed by atoms with E-state index in [1.165, 1.54) is 0 Å². The lowest BCUT2D eigenvalue weighted by atomic mass is 10.1. The first-order valence-corrected chi connectivity index (χ1v) is 6.88. The Morgan fingerprint density at radius 3 is 2.20 bits per heavy atom. The Morgan fingerprint density at radius 2 is 1.60 bits per heavy atom. The van der Waals surface area contributed by atoms with E-state index in [-0.39, 0.29) is 5.91 Å². The van der Waals surface area contributed by atoms with E-state index in [1.54, 1.807) is 43.4 Å². The van der Waals surface area contributed by atoms with Gasteiger partial charge in [-0.1, -0.05) is 34.8 Å². The highest BCUT2D eigenvalue weighted by Crippen LogP contribution is 2.25. The molecule has 2 N–H and O–H groups in total. The Labute approximate surface area is 131 Å². The molecule has 1 amide bonds. The molecule has 0 heterocycles. The van der Waals surface area contributed by atoms with Gasteiger partial charge in [-0.2, -0.15) is 0 Å². The van der Waals surface area contributed by atoms with Crippen LogP contribution in [0.3, 0.4) is 0 Å². The van der Waals surface area contributed by atoms with E-state index in [1.807, 2.05) is 0 Å². The van der Waals surface area contributed by atoms with E-state index >= 15 is 0 Å². The second kappa shape index (κ2) is 6.35. The van der Waals surface area contributed by atoms with Crippen molar-refractivity contribution in [1.29, 1.82) is 0 Å². The second-order valence-corrected chi connectivity index (χ2v) is 5.36. The molecular weight excluding hydrogens is 319 g/mol. The van der Waals surface area contributed by atoms with Crippen molar-refractivity contribution in [2.24, 2.45) is 0 Å². The fourth-order valence-electron chi connectivity index (χ4n) is 1.75. The normalized spacial score (nSPS) is 10.2.